The Morgan fingerprint density at radius 3 is 2.59 bits per heavy atom. The minimum Gasteiger partial charge on any atom is -0.355 e. The monoisotopic (exact) mass is 615 g/mol. The lowest BCUT2D eigenvalue weighted by Gasteiger charge is -2.37. The minimum atomic E-state index is -0.918. The molecule has 44 heavy (non-hydrogen) atoms. The summed E-state index contributed by atoms with van der Waals surface area (Å²) in [5.41, 5.74) is 4.31. The Kier molecular flexibility index (Phi) is 9.15. The molecule has 0 radical (unpaired) electrons. The van der Waals surface area contributed by atoms with Crippen LogP contribution in [0.5, 0.6) is 0 Å². The fourth-order valence-electron chi connectivity index (χ4n) is 5.27. The first-order valence-electron chi connectivity index (χ1n) is 14.2. The van der Waals surface area contributed by atoms with Crippen molar-refractivity contribution in [3.8, 4) is 16.8 Å². The lowest BCUT2D eigenvalue weighted by atomic mass is 9.85. The number of fused-ring (bicyclic) bond motifs is 1. The van der Waals surface area contributed by atoms with Crippen molar-refractivity contribution in [2.24, 2.45) is 0 Å². The van der Waals surface area contributed by atoms with Crippen LogP contribution in [-0.2, 0) is 16.0 Å². The number of benzene rings is 3. The van der Waals surface area contributed by atoms with Gasteiger partial charge in [0, 0.05) is 36.8 Å². The van der Waals surface area contributed by atoms with Crippen LogP contribution < -0.4 is 10.6 Å². The van der Waals surface area contributed by atoms with Crippen LogP contribution in [0.3, 0.4) is 0 Å². The predicted molar refractivity (Wildman–Crippen MR) is 164 cm³/mol. The summed E-state index contributed by atoms with van der Waals surface area (Å²) in [6, 6.07) is 14.8. The van der Waals surface area contributed by atoms with E-state index in [0.29, 0.717) is 29.7 Å². The molecule has 0 saturated carbocycles. The van der Waals surface area contributed by atoms with Crippen molar-refractivity contribution in [1.29, 1.82) is 0 Å². The maximum Gasteiger partial charge on any atom is 0.251 e. The van der Waals surface area contributed by atoms with E-state index in [-0.39, 0.29) is 35.0 Å². The molecule has 0 spiro atoms. The first-order chi connectivity index (χ1) is 21.2. The van der Waals surface area contributed by atoms with Crippen LogP contribution in [0.25, 0.3) is 22.9 Å². The van der Waals surface area contributed by atoms with E-state index in [9.17, 15) is 14.4 Å². The van der Waals surface area contributed by atoms with E-state index in [0.717, 1.165) is 16.7 Å². The predicted octanol–water partition coefficient (Wildman–Crippen LogP) is 4.54. The highest BCUT2D eigenvalue weighted by molar-refractivity contribution is 6.31. The van der Waals surface area contributed by atoms with E-state index >= 15 is 4.39 Å². The van der Waals surface area contributed by atoms with Gasteiger partial charge in [0.05, 0.1) is 10.7 Å². The van der Waals surface area contributed by atoms with Gasteiger partial charge in [0.25, 0.3) is 5.91 Å². The zero-order valence-corrected chi connectivity index (χ0v) is 25.2. The molecule has 12 heteroatoms. The number of hydrogen-bond acceptors (Lipinski definition) is 6. The number of rotatable bonds is 8. The molecule has 1 aliphatic heterocycles. The highest BCUT2D eigenvalue weighted by atomic mass is 35.5. The van der Waals surface area contributed by atoms with Gasteiger partial charge in [-0.25, -0.2) is 4.39 Å². The molecule has 3 amide bonds. The molecule has 3 aromatic carbocycles. The topological polar surface area (TPSA) is 122 Å². The summed E-state index contributed by atoms with van der Waals surface area (Å²) < 4.78 is 16.4. The van der Waals surface area contributed by atoms with Gasteiger partial charge in [-0.05, 0) is 82.8 Å². The van der Waals surface area contributed by atoms with Crippen molar-refractivity contribution in [3.63, 3.8) is 0 Å². The summed E-state index contributed by atoms with van der Waals surface area (Å²) in [6.07, 6.45) is 5.06. The Balaban J connectivity index is 1.52. The molecule has 2 N–H and O–H groups in total. The number of tetrazole rings is 1. The fraction of sp³-hybridized carbons (Fsp3) is 0.250. The number of nitrogens with zero attached hydrogens (tertiary/aromatic N) is 5. The lowest BCUT2D eigenvalue weighted by Crippen LogP contribution is -2.48. The average Bonchev–Trinajstić information content (AvgIpc) is 3.59. The first kappa shape index (κ1) is 30.6. The van der Waals surface area contributed by atoms with Gasteiger partial charge in [0.2, 0.25) is 11.8 Å². The molecule has 10 nitrogen and oxygen atoms in total. The van der Waals surface area contributed by atoms with Crippen molar-refractivity contribution >= 4 is 35.4 Å². The Hall–Kier alpha value is -4.90. The number of carbonyl (C=O) groups is 3. The first-order valence-corrected chi connectivity index (χ1v) is 14.6. The summed E-state index contributed by atoms with van der Waals surface area (Å²) >= 11 is 6.05. The van der Waals surface area contributed by atoms with Gasteiger partial charge in [-0.1, -0.05) is 48.9 Å². The quantitative estimate of drug-likeness (QED) is 0.281. The van der Waals surface area contributed by atoms with Crippen molar-refractivity contribution in [1.82, 2.24) is 35.7 Å². The molecule has 4 aromatic rings. The standard InChI is InChI=1S/C32H31ClFN7O3/c1-4-19(2)37-32(44)30-24-7-5-6-22(20-8-10-21(11-9-20)31(43)35-3)23(24)16-17-40(30)28(42)15-12-25-27(41-18-36-38-39-41)14-13-26(33)29(25)34/h5-15,18-19,30H,4,16-17H2,1-3H3,(H,35,43)(H,37,44)/b15-12+/t19-,30?/m0/s1. The highest BCUT2D eigenvalue weighted by Gasteiger charge is 2.36. The molecule has 1 aromatic heterocycles. The Labute approximate surface area is 258 Å². The highest BCUT2D eigenvalue weighted by Crippen LogP contribution is 2.37. The van der Waals surface area contributed by atoms with Gasteiger partial charge in [-0.2, -0.15) is 4.68 Å². The molecule has 0 aliphatic carbocycles. The van der Waals surface area contributed by atoms with E-state index in [1.165, 1.54) is 34.1 Å². The largest absolute Gasteiger partial charge is 0.355 e. The maximum absolute atomic E-state index is 15.1. The fourth-order valence-corrected chi connectivity index (χ4v) is 5.43. The Morgan fingerprint density at radius 2 is 1.91 bits per heavy atom. The second-order valence-electron chi connectivity index (χ2n) is 10.4. The van der Waals surface area contributed by atoms with Crippen LogP contribution >= 0.6 is 11.6 Å². The molecular weight excluding hydrogens is 585 g/mol. The van der Waals surface area contributed by atoms with Gasteiger partial charge >= 0.3 is 0 Å². The summed E-state index contributed by atoms with van der Waals surface area (Å²) in [5.74, 6) is -1.69. The number of aromatic nitrogens is 4. The molecule has 1 unspecified atom stereocenters. The molecule has 5 rings (SSSR count). The third-order valence-corrected chi connectivity index (χ3v) is 8.03. The van der Waals surface area contributed by atoms with Crippen LogP contribution in [0.2, 0.25) is 5.02 Å². The van der Waals surface area contributed by atoms with Gasteiger partial charge in [-0.15, -0.1) is 5.10 Å². The number of hydrogen-bond donors (Lipinski definition) is 2. The van der Waals surface area contributed by atoms with E-state index in [1.807, 2.05) is 44.2 Å². The van der Waals surface area contributed by atoms with Gasteiger partial charge < -0.3 is 15.5 Å². The molecule has 226 valence electrons. The van der Waals surface area contributed by atoms with Gasteiger partial charge in [0.15, 0.2) is 5.82 Å². The molecule has 0 bridgehead atoms. The summed E-state index contributed by atoms with van der Waals surface area (Å²) in [6.45, 7) is 4.12. The molecule has 1 aliphatic rings. The number of amides is 3. The van der Waals surface area contributed by atoms with E-state index in [1.54, 1.807) is 25.2 Å². The molecule has 2 atom stereocenters. The third-order valence-electron chi connectivity index (χ3n) is 7.74. The summed E-state index contributed by atoms with van der Waals surface area (Å²) in [4.78, 5) is 41.0. The van der Waals surface area contributed by atoms with Crippen LogP contribution in [0.4, 0.5) is 4.39 Å². The summed E-state index contributed by atoms with van der Waals surface area (Å²) in [7, 11) is 1.58. The van der Waals surface area contributed by atoms with E-state index < -0.39 is 17.8 Å². The SMILES string of the molecule is CC[C@H](C)NC(=O)C1c2cccc(-c3ccc(C(=O)NC)cc3)c2CCN1C(=O)/C=C/c1c(-n2cnnn2)ccc(Cl)c1F. The molecule has 2 heterocycles. The van der Waals surface area contributed by atoms with Crippen molar-refractivity contribution < 1.29 is 18.8 Å². The maximum atomic E-state index is 15.1. The van der Waals surface area contributed by atoms with Crippen LogP contribution in [0, 0.1) is 5.82 Å². The third kappa shape index (κ3) is 6.09. The number of nitrogens with one attached hydrogen (secondary N) is 2. The van der Waals surface area contributed by atoms with Gasteiger partial charge in [0.1, 0.15) is 12.4 Å². The minimum absolute atomic E-state index is 0.0265. The lowest BCUT2D eigenvalue weighted by molar-refractivity contribution is -0.138. The van der Waals surface area contributed by atoms with E-state index in [4.69, 9.17) is 11.6 Å². The zero-order valence-electron chi connectivity index (χ0n) is 24.4. The van der Waals surface area contributed by atoms with E-state index in [2.05, 4.69) is 26.2 Å². The summed E-state index contributed by atoms with van der Waals surface area (Å²) in [5, 5.41) is 16.5. The normalized spacial score (nSPS) is 15.1. The second kappa shape index (κ2) is 13.2. The van der Waals surface area contributed by atoms with Crippen molar-refractivity contribution in [2.45, 2.75) is 38.8 Å². The number of halogens is 2. The smallest absolute Gasteiger partial charge is 0.251 e. The van der Waals surface area contributed by atoms with Gasteiger partial charge in [-0.3, -0.25) is 14.4 Å². The van der Waals surface area contributed by atoms with Crippen LogP contribution in [-0.4, -0.2) is 62.5 Å². The molecule has 0 saturated heterocycles. The molecular formula is C32H31ClFN7O3. The van der Waals surface area contributed by atoms with Crippen LogP contribution in [0.15, 0.2) is 67.0 Å². The second-order valence-corrected chi connectivity index (χ2v) is 10.8. The zero-order chi connectivity index (χ0) is 31.4. The van der Waals surface area contributed by atoms with Crippen molar-refractivity contribution in [3.05, 3.63) is 100 Å². The average molecular weight is 616 g/mol. The van der Waals surface area contributed by atoms with Crippen molar-refractivity contribution in [2.75, 3.05) is 13.6 Å². The number of carbonyl (C=O) groups excluding carboxylic acids is 3. The molecule has 0 fully saturated rings. The Bertz CT molecular complexity index is 1720. The van der Waals surface area contributed by atoms with Crippen LogP contribution in [0.1, 0.15) is 53.4 Å². The Morgan fingerprint density at radius 1 is 1.14 bits per heavy atom.